The van der Waals surface area contributed by atoms with Gasteiger partial charge in [0.1, 0.15) is 11.6 Å². The van der Waals surface area contributed by atoms with E-state index in [0.717, 1.165) is 12.1 Å². The van der Waals surface area contributed by atoms with E-state index in [1.165, 1.54) is 4.90 Å². The number of carboxylic acid groups (broad SMARTS) is 1. The summed E-state index contributed by atoms with van der Waals surface area (Å²) in [6, 6.07) is 1.99. The van der Waals surface area contributed by atoms with Crippen molar-refractivity contribution in [3.8, 4) is 0 Å². The van der Waals surface area contributed by atoms with Crippen molar-refractivity contribution in [2.24, 2.45) is 0 Å². The molecule has 1 saturated heterocycles. The van der Waals surface area contributed by atoms with E-state index in [2.05, 4.69) is 5.32 Å². The number of ether oxygens (including phenoxy) is 1. The molecule has 2 N–H and O–H groups in total. The van der Waals surface area contributed by atoms with Gasteiger partial charge in [-0.25, -0.2) is 18.4 Å². The number of nitrogens with zero attached hydrogens (tertiary/aromatic N) is 1. The van der Waals surface area contributed by atoms with Crippen LogP contribution in [0.2, 0.25) is 0 Å². The smallest absolute Gasteiger partial charge is 0.334 e. The summed E-state index contributed by atoms with van der Waals surface area (Å²) in [4.78, 5) is 23.9. The topological polar surface area (TPSA) is 78.9 Å². The lowest BCUT2D eigenvalue weighted by molar-refractivity contribution is -0.154. The first kappa shape index (κ1) is 14.2. The molecule has 1 atom stereocenters. The van der Waals surface area contributed by atoms with Crippen LogP contribution in [-0.2, 0) is 9.53 Å². The van der Waals surface area contributed by atoms with Crippen molar-refractivity contribution in [3.63, 3.8) is 0 Å². The molecule has 1 fully saturated rings. The average molecular weight is 286 g/mol. The van der Waals surface area contributed by atoms with Crippen molar-refractivity contribution >= 4 is 17.7 Å². The minimum atomic E-state index is -1.17. The first-order valence-electron chi connectivity index (χ1n) is 5.82. The third-order valence-corrected chi connectivity index (χ3v) is 2.74. The third-order valence-electron chi connectivity index (χ3n) is 2.74. The van der Waals surface area contributed by atoms with Crippen LogP contribution in [0.3, 0.4) is 0 Å². The summed E-state index contributed by atoms with van der Waals surface area (Å²) in [5.74, 6) is -2.80. The van der Waals surface area contributed by atoms with Crippen LogP contribution in [0.15, 0.2) is 18.2 Å². The minimum Gasteiger partial charge on any atom is -0.479 e. The number of benzene rings is 1. The fraction of sp³-hybridized carbons (Fsp3) is 0.333. The SMILES string of the molecule is O=C(O)C1CN(C(=O)Nc2cc(F)cc(F)c2)CCO1. The molecule has 0 bridgehead atoms. The van der Waals surface area contributed by atoms with Crippen molar-refractivity contribution in [3.05, 3.63) is 29.8 Å². The van der Waals surface area contributed by atoms with Crippen LogP contribution in [-0.4, -0.2) is 47.8 Å². The average Bonchev–Trinajstić information content (AvgIpc) is 2.37. The van der Waals surface area contributed by atoms with Gasteiger partial charge in [-0.15, -0.1) is 0 Å². The van der Waals surface area contributed by atoms with Crippen LogP contribution in [0.1, 0.15) is 0 Å². The molecule has 20 heavy (non-hydrogen) atoms. The summed E-state index contributed by atoms with van der Waals surface area (Å²) >= 11 is 0. The fourth-order valence-corrected chi connectivity index (χ4v) is 1.81. The molecule has 0 spiro atoms. The zero-order chi connectivity index (χ0) is 14.7. The van der Waals surface area contributed by atoms with Crippen LogP contribution in [0.4, 0.5) is 19.3 Å². The lowest BCUT2D eigenvalue weighted by Crippen LogP contribution is -2.49. The summed E-state index contributed by atoms with van der Waals surface area (Å²) in [6.45, 7) is 0.161. The number of urea groups is 1. The summed E-state index contributed by atoms with van der Waals surface area (Å²) in [6.07, 6.45) is -1.10. The van der Waals surface area contributed by atoms with E-state index in [0.29, 0.717) is 6.07 Å². The van der Waals surface area contributed by atoms with Crippen molar-refractivity contribution in [2.45, 2.75) is 6.10 Å². The molecule has 1 aliphatic heterocycles. The minimum absolute atomic E-state index is 0.0362. The van der Waals surface area contributed by atoms with E-state index >= 15 is 0 Å². The molecule has 0 aliphatic carbocycles. The number of hydrogen-bond acceptors (Lipinski definition) is 3. The predicted molar refractivity (Wildman–Crippen MR) is 64.3 cm³/mol. The Bertz CT molecular complexity index is 518. The van der Waals surface area contributed by atoms with Crippen LogP contribution in [0.25, 0.3) is 0 Å². The Morgan fingerprint density at radius 2 is 1.95 bits per heavy atom. The Hall–Kier alpha value is -2.22. The molecule has 1 heterocycles. The van der Waals surface area contributed by atoms with Gasteiger partial charge in [-0.3, -0.25) is 0 Å². The van der Waals surface area contributed by atoms with E-state index in [9.17, 15) is 18.4 Å². The monoisotopic (exact) mass is 286 g/mol. The molecule has 1 unspecified atom stereocenters. The van der Waals surface area contributed by atoms with Crippen molar-refractivity contribution < 1.29 is 28.2 Å². The molecule has 8 heteroatoms. The maximum Gasteiger partial charge on any atom is 0.334 e. The Labute approximate surface area is 112 Å². The molecule has 1 aromatic rings. The highest BCUT2D eigenvalue weighted by molar-refractivity contribution is 5.89. The highest BCUT2D eigenvalue weighted by atomic mass is 19.1. The zero-order valence-electron chi connectivity index (χ0n) is 10.3. The molecular formula is C12H12F2N2O4. The highest BCUT2D eigenvalue weighted by Gasteiger charge is 2.29. The molecule has 0 saturated carbocycles. The van der Waals surface area contributed by atoms with Gasteiger partial charge in [0.2, 0.25) is 0 Å². The molecule has 1 aromatic carbocycles. The summed E-state index contributed by atoms with van der Waals surface area (Å²) in [7, 11) is 0. The number of carboxylic acids is 1. The second-order valence-corrected chi connectivity index (χ2v) is 4.23. The first-order valence-corrected chi connectivity index (χ1v) is 5.82. The van der Waals surface area contributed by atoms with Crippen LogP contribution < -0.4 is 5.32 Å². The molecule has 2 amide bonds. The quantitative estimate of drug-likeness (QED) is 0.858. The van der Waals surface area contributed by atoms with Gasteiger partial charge in [0.25, 0.3) is 0 Å². The molecule has 0 aromatic heterocycles. The summed E-state index contributed by atoms with van der Waals surface area (Å²) in [5.41, 5.74) is -0.0362. The maximum absolute atomic E-state index is 13.0. The Balaban J connectivity index is 2.02. The van der Waals surface area contributed by atoms with E-state index in [4.69, 9.17) is 9.84 Å². The standard InChI is InChI=1S/C12H12F2N2O4/c13-7-3-8(14)5-9(4-7)15-12(19)16-1-2-20-10(6-16)11(17)18/h3-5,10H,1-2,6H2,(H,15,19)(H,17,18). The van der Waals surface area contributed by atoms with Crippen molar-refractivity contribution in [1.82, 2.24) is 4.90 Å². The number of aliphatic carboxylic acids is 1. The number of morpholine rings is 1. The van der Waals surface area contributed by atoms with Crippen molar-refractivity contribution in [2.75, 3.05) is 25.0 Å². The number of carbonyl (C=O) groups excluding carboxylic acids is 1. The summed E-state index contributed by atoms with van der Waals surface area (Å²) in [5, 5.41) is 11.1. The Morgan fingerprint density at radius 3 is 2.55 bits per heavy atom. The van der Waals surface area contributed by atoms with E-state index < -0.39 is 29.7 Å². The van der Waals surface area contributed by atoms with Gasteiger partial charge in [0.15, 0.2) is 6.10 Å². The Morgan fingerprint density at radius 1 is 1.30 bits per heavy atom. The summed E-state index contributed by atoms with van der Waals surface area (Å²) < 4.78 is 30.9. The Kier molecular flexibility index (Phi) is 4.14. The van der Waals surface area contributed by atoms with Crippen LogP contribution in [0, 0.1) is 11.6 Å². The first-order chi connectivity index (χ1) is 9.45. The second kappa shape index (κ2) is 5.83. The molecule has 1 aliphatic rings. The van der Waals surface area contributed by atoms with Gasteiger partial charge in [0.05, 0.1) is 13.2 Å². The number of carbonyl (C=O) groups is 2. The largest absolute Gasteiger partial charge is 0.479 e. The highest BCUT2D eigenvalue weighted by Crippen LogP contribution is 2.14. The number of amides is 2. The van der Waals surface area contributed by atoms with Gasteiger partial charge < -0.3 is 20.1 Å². The number of rotatable bonds is 2. The fourth-order valence-electron chi connectivity index (χ4n) is 1.81. The number of anilines is 1. The second-order valence-electron chi connectivity index (χ2n) is 4.23. The molecule has 0 radical (unpaired) electrons. The lowest BCUT2D eigenvalue weighted by atomic mass is 10.2. The van der Waals surface area contributed by atoms with Gasteiger partial charge in [-0.05, 0) is 12.1 Å². The van der Waals surface area contributed by atoms with E-state index in [1.807, 2.05) is 0 Å². The van der Waals surface area contributed by atoms with E-state index in [-0.39, 0.29) is 25.4 Å². The van der Waals surface area contributed by atoms with Crippen molar-refractivity contribution in [1.29, 1.82) is 0 Å². The van der Waals surface area contributed by atoms with Crippen LogP contribution >= 0.6 is 0 Å². The predicted octanol–water partition coefficient (Wildman–Crippen LogP) is 1.28. The van der Waals surface area contributed by atoms with Gasteiger partial charge in [-0.2, -0.15) is 0 Å². The maximum atomic E-state index is 13.0. The van der Waals surface area contributed by atoms with Gasteiger partial charge >= 0.3 is 12.0 Å². The van der Waals surface area contributed by atoms with E-state index in [1.54, 1.807) is 0 Å². The normalized spacial score (nSPS) is 18.7. The zero-order valence-corrected chi connectivity index (χ0v) is 10.3. The molecular weight excluding hydrogens is 274 g/mol. The van der Waals surface area contributed by atoms with Crippen LogP contribution in [0.5, 0.6) is 0 Å². The lowest BCUT2D eigenvalue weighted by Gasteiger charge is -2.30. The molecule has 108 valence electrons. The van der Waals surface area contributed by atoms with Gasteiger partial charge in [0, 0.05) is 18.3 Å². The number of nitrogens with one attached hydrogen (secondary N) is 1. The molecule has 2 rings (SSSR count). The van der Waals surface area contributed by atoms with Gasteiger partial charge in [-0.1, -0.05) is 0 Å². The molecule has 6 nitrogen and oxygen atoms in total. The third kappa shape index (κ3) is 3.41. The number of halogens is 2. The number of hydrogen-bond donors (Lipinski definition) is 2.